The van der Waals surface area contributed by atoms with Crippen molar-refractivity contribution in [1.29, 1.82) is 0 Å². The summed E-state index contributed by atoms with van der Waals surface area (Å²) in [6.07, 6.45) is -0.117. The minimum Gasteiger partial charge on any atom is -0.544 e. The fraction of sp³-hybridized carbons (Fsp3) is 0.500. The van der Waals surface area contributed by atoms with Crippen LogP contribution >= 0.6 is 11.6 Å². The van der Waals surface area contributed by atoms with E-state index >= 15 is 0 Å². The van der Waals surface area contributed by atoms with Crippen LogP contribution in [0.1, 0.15) is 6.42 Å². The number of nitrogens with two attached hydrogens (primary N) is 2. The van der Waals surface area contributed by atoms with Crippen molar-refractivity contribution in [2.24, 2.45) is 0 Å². The van der Waals surface area contributed by atoms with E-state index in [0.717, 1.165) is 32.7 Å². The van der Waals surface area contributed by atoms with Gasteiger partial charge >= 0.3 is 0 Å². The van der Waals surface area contributed by atoms with Crippen molar-refractivity contribution in [3.05, 3.63) is 29.3 Å². The molecule has 1 saturated heterocycles. The Morgan fingerprint density at radius 1 is 1.29 bits per heavy atom. The number of benzene rings is 1. The summed E-state index contributed by atoms with van der Waals surface area (Å²) in [6.45, 7) is 5.99. The predicted molar refractivity (Wildman–Crippen MR) is 87.5 cm³/mol. The van der Waals surface area contributed by atoms with Gasteiger partial charge in [0.05, 0.1) is 12.4 Å². The van der Waals surface area contributed by atoms with E-state index in [1.54, 1.807) is 29.6 Å². The molecule has 1 aliphatic rings. The highest BCUT2D eigenvalue weighted by Crippen LogP contribution is 2.13. The van der Waals surface area contributed by atoms with Crippen molar-refractivity contribution in [2.75, 3.05) is 44.6 Å². The summed E-state index contributed by atoms with van der Waals surface area (Å²) in [4.78, 5) is 24.8. The number of nitrogens with one attached hydrogen (secondary N) is 2. The van der Waals surface area contributed by atoms with Crippen LogP contribution in [0, 0.1) is 0 Å². The van der Waals surface area contributed by atoms with Crippen molar-refractivity contribution >= 4 is 29.2 Å². The lowest BCUT2D eigenvalue weighted by molar-refractivity contribution is -0.955. The fourth-order valence-corrected chi connectivity index (χ4v) is 2.95. The second kappa shape index (κ2) is 9.58. The standard InChI is InChI=1S/C16H23ClN4O3/c17-12-1-3-13(4-2-12)20-15(22)11-14(16(23)24)19-7-10-21-8-5-18-6-9-21/h1-4,14,18-19H,5-11H2,(H,20,22)(H,23,24)/p+2/t14-/m1/s1. The van der Waals surface area contributed by atoms with Crippen LogP contribution < -0.4 is 26.0 Å². The zero-order valence-corrected chi connectivity index (χ0v) is 14.3. The molecule has 1 atom stereocenters. The lowest BCUT2D eigenvalue weighted by Crippen LogP contribution is -3.22. The molecule has 0 unspecified atom stereocenters. The van der Waals surface area contributed by atoms with Gasteiger partial charge in [0, 0.05) is 10.7 Å². The normalized spacial score (nSPS) is 16.5. The lowest BCUT2D eigenvalue weighted by atomic mass is 10.2. The van der Waals surface area contributed by atoms with Gasteiger partial charge in [0.1, 0.15) is 45.3 Å². The Balaban J connectivity index is 1.76. The molecule has 1 heterocycles. The van der Waals surface area contributed by atoms with Gasteiger partial charge < -0.3 is 30.8 Å². The third kappa shape index (κ3) is 6.45. The molecule has 8 heteroatoms. The Morgan fingerprint density at radius 3 is 2.58 bits per heavy atom. The average Bonchev–Trinajstić information content (AvgIpc) is 2.57. The fourth-order valence-electron chi connectivity index (χ4n) is 2.83. The summed E-state index contributed by atoms with van der Waals surface area (Å²) in [6, 6.07) is 5.81. The number of quaternary nitrogens is 3. The summed E-state index contributed by atoms with van der Waals surface area (Å²) < 4.78 is 0. The molecular formula is C16H25ClN4O3+2. The number of piperazine rings is 1. The Kier molecular flexibility index (Phi) is 7.45. The zero-order chi connectivity index (χ0) is 17.4. The van der Waals surface area contributed by atoms with Gasteiger partial charge in [0.25, 0.3) is 0 Å². The highest BCUT2D eigenvalue weighted by Gasteiger charge is 2.21. The third-order valence-corrected chi connectivity index (χ3v) is 4.44. The van der Waals surface area contributed by atoms with E-state index in [9.17, 15) is 14.7 Å². The highest BCUT2D eigenvalue weighted by molar-refractivity contribution is 6.30. The molecule has 132 valence electrons. The number of anilines is 1. The van der Waals surface area contributed by atoms with Crippen molar-refractivity contribution in [3.63, 3.8) is 0 Å². The first-order valence-electron chi connectivity index (χ1n) is 8.29. The van der Waals surface area contributed by atoms with E-state index in [-0.39, 0.29) is 12.3 Å². The van der Waals surface area contributed by atoms with Gasteiger partial charge in [-0.3, -0.25) is 4.79 Å². The van der Waals surface area contributed by atoms with Gasteiger partial charge in [0.15, 0.2) is 0 Å². The Labute approximate surface area is 146 Å². The van der Waals surface area contributed by atoms with Crippen LogP contribution in [0.5, 0.6) is 0 Å². The molecule has 1 aliphatic heterocycles. The minimum atomic E-state index is -1.21. The maximum Gasteiger partial charge on any atom is 0.230 e. The maximum absolute atomic E-state index is 12.0. The minimum absolute atomic E-state index is 0.117. The number of aliphatic carboxylic acids is 1. The van der Waals surface area contributed by atoms with E-state index in [0.29, 0.717) is 17.3 Å². The second-order valence-corrected chi connectivity index (χ2v) is 6.51. The zero-order valence-electron chi connectivity index (χ0n) is 13.6. The largest absolute Gasteiger partial charge is 0.544 e. The van der Waals surface area contributed by atoms with Crippen molar-refractivity contribution in [3.8, 4) is 0 Å². The van der Waals surface area contributed by atoms with Gasteiger partial charge in [0.2, 0.25) is 5.91 Å². The number of hydrogen-bond acceptors (Lipinski definition) is 3. The summed E-state index contributed by atoms with van der Waals surface area (Å²) in [5.74, 6) is -1.55. The first kappa shape index (κ1) is 18.7. The van der Waals surface area contributed by atoms with E-state index < -0.39 is 12.0 Å². The van der Waals surface area contributed by atoms with Gasteiger partial charge in [-0.25, -0.2) is 0 Å². The van der Waals surface area contributed by atoms with Gasteiger partial charge in [-0.15, -0.1) is 0 Å². The first-order chi connectivity index (χ1) is 11.5. The molecule has 1 aromatic rings. The lowest BCUT2D eigenvalue weighted by Gasteiger charge is -2.22. The van der Waals surface area contributed by atoms with Gasteiger partial charge in [-0.1, -0.05) is 11.6 Å². The van der Waals surface area contributed by atoms with Gasteiger partial charge in [-0.05, 0) is 24.3 Å². The summed E-state index contributed by atoms with van der Waals surface area (Å²) in [5.41, 5.74) is 0.593. The van der Waals surface area contributed by atoms with Crippen LogP contribution in [0.15, 0.2) is 24.3 Å². The average molecular weight is 357 g/mol. The van der Waals surface area contributed by atoms with Crippen molar-refractivity contribution in [1.82, 2.24) is 0 Å². The monoisotopic (exact) mass is 356 g/mol. The molecule has 7 nitrogen and oxygen atoms in total. The number of amides is 1. The molecule has 0 saturated carbocycles. The maximum atomic E-state index is 12.0. The molecule has 1 fully saturated rings. The molecule has 1 amide bonds. The smallest absolute Gasteiger partial charge is 0.230 e. The Bertz CT molecular complexity index is 547. The van der Waals surface area contributed by atoms with Gasteiger partial charge in [-0.2, -0.15) is 0 Å². The number of rotatable bonds is 8. The molecular weight excluding hydrogens is 332 g/mol. The predicted octanol–water partition coefficient (Wildman–Crippen LogP) is -4.19. The molecule has 0 radical (unpaired) electrons. The van der Waals surface area contributed by atoms with Crippen LogP contribution in [0.2, 0.25) is 5.02 Å². The van der Waals surface area contributed by atoms with E-state index in [2.05, 4.69) is 10.6 Å². The van der Waals surface area contributed by atoms with E-state index in [1.165, 1.54) is 4.90 Å². The molecule has 24 heavy (non-hydrogen) atoms. The van der Waals surface area contributed by atoms with E-state index in [4.69, 9.17) is 11.6 Å². The first-order valence-corrected chi connectivity index (χ1v) is 8.67. The number of carbonyl (C=O) groups is 2. The van der Waals surface area contributed by atoms with Crippen LogP contribution in [-0.2, 0) is 9.59 Å². The number of hydrogen-bond donors (Lipinski definition) is 4. The molecule has 0 spiro atoms. The molecule has 1 aromatic carbocycles. The molecule has 0 bridgehead atoms. The molecule has 0 aliphatic carbocycles. The molecule has 0 aromatic heterocycles. The summed E-state index contributed by atoms with van der Waals surface area (Å²) in [7, 11) is 0. The van der Waals surface area contributed by atoms with Crippen LogP contribution in [0.25, 0.3) is 0 Å². The van der Waals surface area contributed by atoms with Crippen LogP contribution in [0.3, 0.4) is 0 Å². The molecule has 6 N–H and O–H groups in total. The Morgan fingerprint density at radius 2 is 1.96 bits per heavy atom. The number of carbonyl (C=O) groups excluding carboxylic acids is 2. The number of carboxylic acid groups (broad SMARTS) is 1. The Hall–Kier alpha value is -1.67. The number of halogens is 1. The van der Waals surface area contributed by atoms with Crippen molar-refractivity contribution in [2.45, 2.75) is 12.5 Å². The topological polar surface area (TPSA) is 107 Å². The highest BCUT2D eigenvalue weighted by atomic mass is 35.5. The van der Waals surface area contributed by atoms with E-state index in [1.807, 2.05) is 0 Å². The molecule has 2 rings (SSSR count). The second-order valence-electron chi connectivity index (χ2n) is 6.08. The summed E-state index contributed by atoms with van der Waals surface area (Å²) in [5, 5.41) is 18.5. The van der Waals surface area contributed by atoms with Crippen LogP contribution in [0.4, 0.5) is 5.69 Å². The third-order valence-electron chi connectivity index (χ3n) is 4.19. The van der Waals surface area contributed by atoms with Crippen LogP contribution in [-0.4, -0.2) is 57.2 Å². The summed E-state index contributed by atoms with van der Waals surface area (Å²) >= 11 is 5.79. The number of carboxylic acids is 1. The quantitative estimate of drug-likeness (QED) is 0.379. The SMILES string of the molecule is O=C(C[C@@H]([NH2+]CC[NH+]1CC[NH2+]CC1)C(=O)[O-])Nc1ccc(Cl)cc1. The van der Waals surface area contributed by atoms with Crippen molar-refractivity contribution < 1.29 is 30.2 Å².